The van der Waals surface area contributed by atoms with Crippen LogP contribution in [0, 0.1) is 17.8 Å². The second-order valence-electron chi connectivity index (χ2n) is 4.69. The van der Waals surface area contributed by atoms with Gasteiger partial charge in [-0.1, -0.05) is 18.0 Å². The normalized spacial score (nSPS) is 32.7. The van der Waals surface area contributed by atoms with Crippen molar-refractivity contribution in [2.24, 2.45) is 17.8 Å². The van der Waals surface area contributed by atoms with Crippen molar-refractivity contribution in [3.05, 3.63) is 21.3 Å². The highest BCUT2D eigenvalue weighted by Crippen LogP contribution is 2.58. The summed E-state index contributed by atoms with van der Waals surface area (Å²) in [4.78, 5) is 12.0. The average molecular weight is 241 g/mol. The van der Waals surface area contributed by atoms with Gasteiger partial charge in [0.15, 0.2) is 0 Å². The Hall–Kier alpha value is -0.340. The van der Waals surface area contributed by atoms with Crippen LogP contribution in [0.5, 0.6) is 0 Å². The molecule has 2 aliphatic carbocycles. The fraction of sp³-hybridized carbons (Fsp3) is 0.583. The molecule has 3 heteroatoms. The Kier molecular flexibility index (Phi) is 2.37. The van der Waals surface area contributed by atoms with E-state index in [1.807, 2.05) is 11.4 Å². The summed E-state index contributed by atoms with van der Waals surface area (Å²) in [5.41, 5.74) is 1.10. The van der Waals surface area contributed by atoms with Crippen molar-refractivity contribution in [1.82, 2.24) is 0 Å². The fourth-order valence-electron chi connectivity index (χ4n) is 3.06. The van der Waals surface area contributed by atoms with Crippen LogP contribution in [0.25, 0.3) is 0 Å². The van der Waals surface area contributed by atoms with Gasteiger partial charge in [-0.15, -0.1) is 11.3 Å². The smallest absolute Gasteiger partial charge is 0.140 e. The lowest BCUT2D eigenvalue weighted by Gasteiger charge is -2.00. The third-order valence-corrected chi connectivity index (χ3v) is 4.92. The molecule has 2 saturated carbocycles. The van der Waals surface area contributed by atoms with Crippen LogP contribution in [0.15, 0.2) is 11.4 Å². The summed E-state index contributed by atoms with van der Waals surface area (Å²) in [6.45, 7) is 0. The van der Waals surface area contributed by atoms with Crippen LogP contribution < -0.4 is 0 Å². The number of Topliss-reactive ketones (excluding diaryl/α,β-unsaturated/α-hetero) is 1. The predicted octanol–water partition coefficient (Wildman–Crippen LogP) is 3.56. The summed E-state index contributed by atoms with van der Waals surface area (Å²) < 4.78 is 0.786. The third-order valence-electron chi connectivity index (χ3n) is 3.78. The van der Waals surface area contributed by atoms with Gasteiger partial charge in [-0.05, 0) is 41.7 Å². The largest absolute Gasteiger partial charge is 0.299 e. The Morgan fingerprint density at radius 2 is 2.20 bits per heavy atom. The minimum Gasteiger partial charge on any atom is -0.299 e. The lowest BCUT2D eigenvalue weighted by atomic mass is 10.0. The highest BCUT2D eigenvalue weighted by molar-refractivity contribution is 7.14. The second-order valence-corrected chi connectivity index (χ2v) is 6.23. The van der Waals surface area contributed by atoms with Gasteiger partial charge in [-0.3, -0.25) is 4.79 Å². The molecule has 2 atom stereocenters. The lowest BCUT2D eigenvalue weighted by molar-refractivity contribution is -0.120. The topological polar surface area (TPSA) is 17.1 Å². The minimum absolute atomic E-state index is 0.400. The van der Waals surface area contributed by atoms with Crippen LogP contribution in [0.2, 0.25) is 4.34 Å². The zero-order chi connectivity index (χ0) is 10.4. The molecule has 2 fully saturated rings. The molecule has 0 bridgehead atoms. The maximum atomic E-state index is 12.0. The number of fused-ring (bicyclic) bond motifs is 1. The molecule has 1 aromatic heterocycles. The first-order valence-corrected chi connectivity index (χ1v) is 6.77. The van der Waals surface area contributed by atoms with Gasteiger partial charge in [0.2, 0.25) is 0 Å². The molecule has 0 aromatic carbocycles. The summed E-state index contributed by atoms with van der Waals surface area (Å²) in [5.74, 6) is 2.33. The molecular weight excluding hydrogens is 228 g/mol. The van der Waals surface area contributed by atoms with Gasteiger partial charge >= 0.3 is 0 Å². The predicted molar refractivity (Wildman–Crippen MR) is 62.4 cm³/mol. The highest BCUT2D eigenvalue weighted by atomic mass is 35.5. The lowest BCUT2D eigenvalue weighted by Crippen LogP contribution is -2.08. The molecule has 15 heavy (non-hydrogen) atoms. The first-order valence-electron chi connectivity index (χ1n) is 5.51. The van der Waals surface area contributed by atoms with E-state index in [0.717, 1.165) is 21.7 Å². The fourth-order valence-corrected chi connectivity index (χ4v) is 3.97. The summed E-state index contributed by atoms with van der Waals surface area (Å²) in [6.07, 6.45) is 4.50. The molecular formula is C12H13ClOS. The molecule has 1 heterocycles. The van der Waals surface area contributed by atoms with Crippen molar-refractivity contribution in [2.75, 3.05) is 0 Å². The Labute approximate surface area is 98.4 Å². The van der Waals surface area contributed by atoms with Crippen molar-refractivity contribution < 1.29 is 4.79 Å². The Morgan fingerprint density at radius 1 is 1.47 bits per heavy atom. The number of thiophene rings is 1. The van der Waals surface area contributed by atoms with Crippen LogP contribution in [0.4, 0.5) is 0 Å². The van der Waals surface area contributed by atoms with E-state index < -0.39 is 0 Å². The van der Waals surface area contributed by atoms with Gasteiger partial charge in [0, 0.05) is 12.3 Å². The van der Waals surface area contributed by atoms with Gasteiger partial charge in [-0.25, -0.2) is 0 Å². The van der Waals surface area contributed by atoms with E-state index >= 15 is 0 Å². The molecule has 2 unspecified atom stereocenters. The minimum atomic E-state index is 0.400. The quantitative estimate of drug-likeness (QED) is 0.790. The van der Waals surface area contributed by atoms with Gasteiger partial charge in [0.05, 0.1) is 4.34 Å². The van der Waals surface area contributed by atoms with Crippen molar-refractivity contribution >= 4 is 28.7 Å². The molecule has 2 aliphatic rings. The molecule has 1 nitrogen and oxygen atoms in total. The number of carbonyl (C=O) groups excluding carboxylic acids is 1. The van der Waals surface area contributed by atoms with Crippen molar-refractivity contribution in [1.29, 1.82) is 0 Å². The summed E-state index contributed by atoms with van der Waals surface area (Å²) >= 11 is 7.36. The molecule has 0 amide bonds. The number of hydrogen-bond donors (Lipinski definition) is 0. The van der Waals surface area contributed by atoms with E-state index in [9.17, 15) is 4.79 Å². The van der Waals surface area contributed by atoms with E-state index in [1.54, 1.807) is 0 Å². The SMILES string of the molecule is O=C(Cc1csc(Cl)c1)C1C2CCCC21. The van der Waals surface area contributed by atoms with Gasteiger partial charge in [-0.2, -0.15) is 0 Å². The van der Waals surface area contributed by atoms with Crippen LogP contribution in [-0.4, -0.2) is 5.78 Å². The summed E-state index contributed by atoms with van der Waals surface area (Å²) in [6, 6.07) is 1.92. The Bertz CT molecular complexity index is 388. The van der Waals surface area contributed by atoms with E-state index in [-0.39, 0.29) is 0 Å². The molecule has 0 N–H and O–H groups in total. The molecule has 1 aromatic rings. The number of halogens is 1. The zero-order valence-corrected chi connectivity index (χ0v) is 9.98. The van der Waals surface area contributed by atoms with Crippen LogP contribution in [-0.2, 0) is 11.2 Å². The molecule has 0 aliphatic heterocycles. The maximum absolute atomic E-state index is 12.0. The van der Waals surface area contributed by atoms with Gasteiger partial charge in [0.25, 0.3) is 0 Å². The molecule has 0 spiro atoms. The molecule has 0 saturated heterocycles. The van der Waals surface area contributed by atoms with Gasteiger partial charge < -0.3 is 0 Å². The standard InChI is InChI=1S/C12H13ClOS/c13-11-5-7(6-15-11)4-10(14)12-8-2-1-3-9(8)12/h5-6,8-9,12H,1-4H2. The van der Waals surface area contributed by atoms with E-state index in [0.29, 0.717) is 18.1 Å². The highest BCUT2D eigenvalue weighted by Gasteiger charge is 2.55. The van der Waals surface area contributed by atoms with E-state index in [1.165, 1.54) is 30.6 Å². The maximum Gasteiger partial charge on any atom is 0.140 e. The monoisotopic (exact) mass is 240 g/mol. The van der Waals surface area contributed by atoms with E-state index in [2.05, 4.69) is 0 Å². The first-order chi connectivity index (χ1) is 7.25. The van der Waals surface area contributed by atoms with Crippen molar-refractivity contribution in [3.8, 4) is 0 Å². The Morgan fingerprint density at radius 3 is 2.80 bits per heavy atom. The molecule has 80 valence electrons. The average Bonchev–Trinajstić information content (AvgIpc) is 2.60. The number of hydrogen-bond acceptors (Lipinski definition) is 2. The first kappa shape index (κ1) is 9.86. The number of ketones is 1. The van der Waals surface area contributed by atoms with Crippen LogP contribution in [0.1, 0.15) is 24.8 Å². The summed E-state index contributed by atoms with van der Waals surface area (Å²) in [7, 11) is 0. The van der Waals surface area contributed by atoms with Crippen LogP contribution in [0.3, 0.4) is 0 Å². The van der Waals surface area contributed by atoms with Crippen LogP contribution >= 0.6 is 22.9 Å². The number of rotatable bonds is 3. The van der Waals surface area contributed by atoms with Crippen molar-refractivity contribution in [3.63, 3.8) is 0 Å². The molecule has 3 rings (SSSR count). The molecule has 0 radical (unpaired) electrons. The third kappa shape index (κ3) is 1.74. The van der Waals surface area contributed by atoms with Gasteiger partial charge in [0.1, 0.15) is 5.78 Å². The van der Waals surface area contributed by atoms with Crippen molar-refractivity contribution in [2.45, 2.75) is 25.7 Å². The second kappa shape index (κ2) is 3.60. The zero-order valence-electron chi connectivity index (χ0n) is 8.41. The number of carbonyl (C=O) groups is 1. The Balaban J connectivity index is 1.63. The van der Waals surface area contributed by atoms with E-state index in [4.69, 9.17) is 11.6 Å². The summed E-state index contributed by atoms with van der Waals surface area (Å²) in [5, 5.41) is 2.00.